The molecule has 3 fully saturated rings. The molecule has 1 aromatic carbocycles. The van der Waals surface area contributed by atoms with Gasteiger partial charge in [0.05, 0.1) is 29.5 Å². The van der Waals surface area contributed by atoms with Gasteiger partial charge in [0.15, 0.2) is 5.01 Å². The van der Waals surface area contributed by atoms with E-state index in [1.54, 1.807) is 4.90 Å². The molecule has 4 heterocycles. The van der Waals surface area contributed by atoms with Crippen LogP contribution in [0.15, 0.2) is 24.3 Å². The van der Waals surface area contributed by atoms with Crippen LogP contribution in [0.4, 0.5) is 4.79 Å². The number of likely N-dealkylation sites (tertiary alicyclic amines) is 1. The highest BCUT2D eigenvalue weighted by Crippen LogP contribution is 2.30. The molecule has 5 rings (SSSR count). The van der Waals surface area contributed by atoms with Gasteiger partial charge < -0.3 is 30.9 Å². The van der Waals surface area contributed by atoms with Crippen molar-refractivity contribution in [2.24, 2.45) is 11.3 Å². The second-order valence-electron chi connectivity index (χ2n) is 15.1. The summed E-state index contributed by atoms with van der Waals surface area (Å²) < 4.78 is 6.41. The van der Waals surface area contributed by atoms with Crippen molar-refractivity contribution in [1.29, 1.82) is 0 Å². The Hall–Kier alpha value is -3.62. The maximum Gasteiger partial charge on any atom is 0.315 e. The lowest BCUT2D eigenvalue weighted by Crippen LogP contribution is -2.61. The number of Topliss-reactive ketones (excluding diaryl/α,β-unsaturated/α-hetero) is 1. The number of nitrogens with one attached hydrogen (secondary N) is 4. The molecule has 2 aromatic rings. The molecule has 48 heavy (non-hydrogen) atoms. The summed E-state index contributed by atoms with van der Waals surface area (Å²) in [5.74, 6) is -1.79. The summed E-state index contributed by atoms with van der Waals surface area (Å²) in [7, 11) is 0. The number of fused-ring (bicyclic) bond motifs is 1. The monoisotopic (exact) mass is 683 g/mol. The lowest BCUT2D eigenvalue weighted by molar-refractivity contribution is -0.142. The highest BCUT2D eigenvalue weighted by Gasteiger charge is 2.47. The first-order chi connectivity index (χ1) is 22.6. The number of rotatable bonds is 9. The van der Waals surface area contributed by atoms with Gasteiger partial charge in [-0.05, 0) is 57.6 Å². The van der Waals surface area contributed by atoms with Gasteiger partial charge in [-0.2, -0.15) is 0 Å². The quantitative estimate of drug-likeness (QED) is 0.293. The minimum absolute atomic E-state index is 0.114. The Morgan fingerprint density at radius 3 is 2.40 bits per heavy atom. The molecule has 3 aliphatic heterocycles. The maximum absolute atomic E-state index is 14.4. The molecule has 0 saturated carbocycles. The summed E-state index contributed by atoms with van der Waals surface area (Å²) >= 11 is 1.25. The Balaban J connectivity index is 1.42. The standard InChI is InChI=1S/C34H49N7O6S/c1-33(2,3)27(38-32(46)39-34(4,5)6)31(45)41-19-21(40-13-15-47-16-14-40)18-24(41)29(44)36-23(17-20-11-12-35-28(20)43)26(42)30-37-22-9-7-8-10-25(22)48-30/h7-10,20-21,23-24,27H,11-19H2,1-6H3,(H,35,43)(H,36,44)(H2,38,39,46)/t20-,21-,23+,24+,27-/m1/s1. The van der Waals surface area contributed by atoms with Gasteiger partial charge >= 0.3 is 6.03 Å². The average molecular weight is 684 g/mol. The number of nitrogens with zero attached hydrogens (tertiary/aromatic N) is 3. The predicted molar refractivity (Wildman–Crippen MR) is 183 cm³/mol. The zero-order chi connectivity index (χ0) is 34.8. The minimum Gasteiger partial charge on any atom is -0.379 e. The van der Waals surface area contributed by atoms with Crippen molar-refractivity contribution < 1.29 is 28.7 Å². The van der Waals surface area contributed by atoms with E-state index in [0.717, 1.165) is 4.70 Å². The average Bonchev–Trinajstić information content (AvgIpc) is 3.76. The molecule has 4 N–H and O–H groups in total. The summed E-state index contributed by atoms with van der Waals surface area (Å²) in [6.45, 7) is 14.4. The Kier molecular flexibility index (Phi) is 10.8. The van der Waals surface area contributed by atoms with E-state index in [4.69, 9.17) is 4.74 Å². The summed E-state index contributed by atoms with van der Waals surface area (Å²) in [6.07, 6.45) is 1.04. The van der Waals surface area contributed by atoms with Crippen LogP contribution in [0.3, 0.4) is 0 Å². The fraction of sp³-hybridized carbons (Fsp3) is 0.647. The maximum atomic E-state index is 14.4. The van der Waals surface area contributed by atoms with Gasteiger partial charge in [0.25, 0.3) is 0 Å². The number of hydrogen-bond donors (Lipinski definition) is 4. The highest BCUT2D eigenvalue weighted by atomic mass is 32.1. The molecule has 0 spiro atoms. The number of amides is 5. The third-order valence-corrected chi connectivity index (χ3v) is 10.2. The van der Waals surface area contributed by atoms with E-state index in [1.165, 1.54) is 11.3 Å². The molecule has 0 aliphatic carbocycles. The first-order valence-electron chi connectivity index (χ1n) is 16.8. The normalized spacial score (nSPS) is 23.4. The van der Waals surface area contributed by atoms with Crippen LogP contribution in [-0.4, -0.2) is 113 Å². The smallest absolute Gasteiger partial charge is 0.315 e. The third-order valence-electron chi connectivity index (χ3n) is 9.12. The number of para-hydroxylation sites is 1. The van der Waals surface area contributed by atoms with E-state index in [2.05, 4.69) is 31.2 Å². The first kappa shape index (κ1) is 35.7. The molecule has 0 bridgehead atoms. The van der Waals surface area contributed by atoms with Crippen molar-refractivity contribution in [3.05, 3.63) is 29.3 Å². The molecule has 14 heteroatoms. The van der Waals surface area contributed by atoms with Gasteiger partial charge in [0, 0.05) is 43.7 Å². The van der Waals surface area contributed by atoms with Crippen LogP contribution in [0.2, 0.25) is 0 Å². The second kappa shape index (κ2) is 14.5. The summed E-state index contributed by atoms with van der Waals surface area (Å²) in [5.41, 5.74) is -0.508. The molecule has 5 atom stereocenters. The van der Waals surface area contributed by atoms with E-state index in [0.29, 0.717) is 51.2 Å². The van der Waals surface area contributed by atoms with Crippen LogP contribution in [0.25, 0.3) is 10.2 Å². The molecule has 3 saturated heterocycles. The Labute approximate surface area is 285 Å². The largest absolute Gasteiger partial charge is 0.379 e. The zero-order valence-corrected chi connectivity index (χ0v) is 29.6. The fourth-order valence-corrected chi connectivity index (χ4v) is 7.58. The number of morpholine rings is 1. The SMILES string of the molecule is CC(C)(C)NC(=O)N[C@H](C(=O)N1C[C@H](N2CCOCC2)C[C@H]1C(=O)N[C@@H](C[C@H]1CCNC1=O)C(=O)c1nc2ccccc2s1)C(C)(C)C. The van der Waals surface area contributed by atoms with Gasteiger partial charge in [-0.3, -0.25) is 24.1 Å². The number of thiazole rings is 1. The van der Waals surface area contributed by atoms with Crippen molar-refractivity contribution in [1.82, 2.24) is 36.1 Å². The molecule has 3 aliphatic rings. The number of carbonyl (C=O) groups is 5. The van der Waals surface area contributed by atoms with Gasteiger partial charge in [-0.25, -0.2) is 9.78 Å². The van der Waals surface area contributed by atoms with E-state index in [9.17, 15) is 24.0 Å². The number of benzene rings is 1. The van der Waals surface area contributed by atoms with Gasteiger partial charge in [0.2, 0.25) is 23.5 Å². The summed E-state index contributed by atoms with van der Waals surface area (Å²) in [4.78, 5) is 76.7. The number of urea groups is 1. The van der Waals surface area contributed by atoms with Crippen molar-refractivity contribution in [2.45, 2.75) is 90.5 Å². The van der Waals surface area contributed by atoms with Crippen LogP contribution >= 0.6 is 11.3 Å². The molecule has 1 aromatic heterocycles. The van der Waals surface area contributed by atoms with Crippen molar-refractivity contribution in [3.8, 4) is 0 Å². The molecular formula is C34H49N7O6S. The zero-order valence-electron chi connectivity index (χ0n) is 28.8. The van der Waals surface area contributed by atoms with Crippen LogP contribution in [-0.2, 0) is 19.1 Å². The summed E-state index contributed by atoms with van der Waals surface area (Å²) in [5, 5.41) is 11.8. The third kappa shape index (κ3) is 8.50. The predicted octanol–water partition coefficient (Wildman–Crippen LogP) is 2.30. The molecule has 0 unspecified atom stereocenters. The molecule has 0 radical (unpaired) electrons. The molecular weight excluding hydrogens is 634 g/mol. The Morgan fingerprint density at radius 1 is 1.06 bits per heavy atom. The van der Waals surface area contributed by atoms with Crippen LogP contribution in [0.1, 0.15) is 70.6 Å². The number of aromatic nitrogens is 1. The van der Waals surface area contributed by atoms with Crippen molar-refractivity contribution >= 4 is 51.1 Å². The molecule has 5 amide bonds. The fourth-order valence-electron chi connectivity index (χ4n) is 6.62. The van der Waals surface area contributed by atoms with Crippen LogP contribution < -0.4 is 21.3 Å². The lowest BCUT2D eigenvalue weighted by atomic mass is 9.85. The van der Waals surface area contributed by atoms with Gasteiger partial charge in [-0.1, -0.05) is 32.9 Å². The highest BCUT2D eigenvalue weighted by molar-refractivity contribution is 7.20. The second-order valence-corrected chi connectivity index (χ2v) is 16.1. The summed E-state index contributed by atoms with van der Waals surface area (Å²) in [6, 6.07) is 4.01. The van der Waals surface area contributed by atoms with E-state index >= 15 is 0 Å². The lowest BCUT2D eigenvalue weighted by Gasteiger charge is -2.36. The van der Waals surface area contributed by atoms with Crippen molar-refractivity contribution in [3.63, 3.8) is 0 Å². The topological polar surface area (TPSA) is 162 Å². The van der Waals surface area contributed by atoms with E-state index < -0.39 is 46.9 Å². The minimum atomic E-state index is -1.01. The Morgan fingerprint density at radius 2 is 1.77 bits per heavy atom. The number of hydrogen-bond acceptors (Lipinski definition) is 9. The van der Waals surface area contributed by atoms with Crippen molar-refractivity contribution in [2.75, 3.05) is 39.4 Å². The van der Waals surface area contributed by atoms with E-state index in [-0.39, 0.29) is 41.6 Å². The molecule has 262 valence electrons. The number of ketones is 1. The van der Waals surface area contributed by atoms with Crippen LogP contribution in [0.5, 0.6) is 0 Å². The van der Waals surface area contributed by atoms with Crippen LogP contribution in [0, 0.1) is 11.3 Å². The van der Waals surface area contributed by atoms with Gasteiger partial charge in [-0.15, -0.1) is 11.3 Å². The number of ether oxygens (including phenoxy) is 1. The first-order valence-corrected chi connectivity index (χ1v) is 17.6. The van der Waals surface area contributed by atoms with E-state index in [1.807, 2.05) is 65.8 Å². The Bertz CT molecular complexity index is 1490. The number of carbonyl (C=O) groups excluding carboxylic acids is 5. The van der Waals surface area contributed by atoms with Gasteiger partial charge in [0.1, 0.15) is 12.1 Å². The molecule has 13 nitrogen and oxygen atoms in total.